The number of nitrogens with zero attached hydrogens (tertiary/aromatic N) is 2. The van der Waals surface area contributed by atoms with Gasteiger partial charge in [-0.25, -0.2) is 0 Å². The summed E-state index contributed by atoms with van der Waals surface area (Å²) in [7, 11) is 0. The van der Waals surface area contributed by atoms with E-state index in [4.69, 9.17) is 0 Å². The maximum Gasteiger partial charge on any atom is 0.0544 e. The van der Waals surface area contributed by atoms with Gasteiger partial charge in [0.25, 0.3) is 0 Å². The van der Waals surface area contributed by atoms with Crippen LogP contribution in [0.4, 0.5) is 0 Å². The molecule has 0 atom stereocenters. The van der Waals surface area contributed by atoms with Gasteiger partial charge in [-0.15, -0.1) is 0 Å². The fourth-order valence-electron chi connectivity index (χ4n) is 2.00. The molecule has 1 aromatic heterocycles. The monoisotopic (exact) mass is 231 g/mol. The van der Waals surface area contributed by atoms with Crippen molar-refractivity contribution in [3.05, 3.63) is 41.2 Å². The quantitative estimate of drug-likeness (QED) is 0.784. The van der Waals surface area contributed by atoms with Gasteiger partial charge >= 0.3 is 0 Å². The molecule has 0 bridgehead atoms. The van der Waals surface area contributed by atoms with E-state index in [1.165, 1.54) is 5.57 Å². The summed E-state index contributed by atoms with van der Waals surface area (Å²) in [5.41, 5.74) is 4.24. The maximum absolute atomic E-state index is 4.38. The van der Waals surface area contributed by atoms with Crippen molar-refractivity contribution in [1.82, 2.24) is 15.2 Å². The molecule has 1 fully saturated rings. The Morgan fingerprint density at radius 1 is 1.41 bits per heavy atom. The van der Waals surface area contributed by atoms with Crippen molar-refractivity contribution in [2.24, 2.45) is 0 Å². The third kappa shape index (κ3) is 3.38. The zero-order chi connectivity index (χ0) is 12.1. The standard InChI is InChI=1S/C14H21N3/c1-3-17(10-12(2)13-8-15-9-13)11-14-6-4-5-7-16-14/h4-7,15H,3,8-11H2,1-2H3. The van der Waals surface area contributed by atoms with Crippen molar-refractivity contribution in [1.29, 1.82) is 0 Å². The molecule has 0 saturated carbocycles. The fourth-order valence-corrected chi connectivity index (χ4v) is 2.00. The van der Waals surface area contributed by atoms with Crippen LogP contribution in [0, 0.1) is 0 Å². The second-order valence-electron chi connectivity index (χ2n) is 4.61. The number of pyridine rings is 1. The smallest absolute Gasteiger partial charge is 0.0544 e. The van der Waals surface area contributed by atoms with Crippen molar-refractivity contribution >= 4 is 0 Å². The Balaban J connectivity index is 1.93. The minimum absolute atomic E-state index is 0.940. The molecule has 1 saturated heterocycles. The molecule has 1 aliphatic heterocycles. The Morgan fingerprint density at radius 3 is 2.76 bits per heavy atom. The highest BCUT2D eigenvalue weighted by Crippen LogP contribution is 2.11. The van der Waals surface area contributed by atoms with E-state index in [1.807, 2.05) is 12.3 Å². The van der Waals surface area contributed by atoms with E-state index in [-0.39, 0.29) is 0 Å². The van der Waals surface area contributed by atoms with E-state index in [1.54, 1.807) is 5.57 Å². The van der Waals surface area contributed by atoms with Crippen LogP contribution < -0.4 is 5.32 Å². The molecule has 3 heteroatoms. The summed E-state index contributed by atoms with van der Waals surface area (Å²) < 4.78 is 0. The molecular formula is C14H21N3. The van der Waals surface area contributed by atoms with Crippen LogP contribution >= 0.6 is 0 Å². The van der Waals surface area contributed by atoms with Crippen LogP contribution in [0.15, 0.2) is 35.5 Å². The summed E-state index contributed by atoms with van der Waals surface area (Å²) in [6, 6.07) is 6.11. The van der Waals surface area contributed by atoms with Crippen molar-refractivity contribution < 1.29 is 0 Å². The number of nitrogens with one attached hydrogen (secondary N) is 1. The summed E-state index contributed by atoms with van der Waals surface area (Å²) in [6.45, 7) is 9.67. The van der Waals surface area contributed by atoms with Crippen LogP contribution in [0.3, 0.4) is 0 Å². The normalized spacial score (nSPS) is 14.9. The average Bonchev–Trinajstić information content (AvgIpc) is 2.27. The third-order valence-electron chi connectivity index (χ3n) is 3.30. The van der Waals surface area contributed by atoms with Crippen LogP contribution in [0.5, 0.6) is 0 Å². The van der Waals surface area contributed by atoms with Crippen molar-refractivity contribution in [2.75, 3.05) is 26.2 Å². The van der Waals surface area contributed by atoms with E-state index in [2.05, 4.69) is 41.2 Å². The molecule has 0 aliphatic carbocycles. The van der Waals surface area contributed by atoms with Gasteiger partial charge in [0, 0.05) is 32.4 Å². The number of hydrogen-bond acceptors (Lipinski definition) is 3. The van der Waals surface area contributed by atoms with Gasteiger partial charge in [0.1, 0.15) is 0 Å². The van der Waals surface area contributed by atoms with Crippen LogP contribution in [-0.4, -0.2) is 36.1 Å². The van der Waals surface area contributed by atoms with Gasteiger partial charge in [-0.2, -0.15) is 0 Å². The zero-order valence-corrected chi connectivity index (χ0v) is 10.7. The molecule has 0 spiro atoms. The summed E-state index contributed by atoms with van der Waals surface area (Å²) in [5.74, 6) is 0. The van der Waals surface area contributed by atoms with Gasteiger partial charge in [0.2, 0.25) is 0 Å². The molecule has 0 aromatic carbocycles. The molecule has 17 heavy (non-hydrogen) atoms. The Kier molecular flexibility index (Phi) is 4.29. The van der Waals surface area contributed by atoms with Crippen LogP contribution in [0.2, 0.25) is 0 Å². The molecule has 1 N–H and O–H groups in total. The number of aromatic nitrogens is 1. The van der Waals surface area contributed by atoms with Gasteiger partial charge in [0.15, 0.2) is 0 Å². The first-order valence-corrected chi connectivity index (χ1v) is 6.30. The molecule has 0 unspecified atom stereocenters. The average molecular weight is 231 g/mol. The minimum Gasteiger partial charge on any atom is -0.309 e. The fraction of sp³-hybridized carbons (Fsp3) is 0.500. The molecule has 3 nitrogen and oxygen atoms in total. The SMILES string of the molecule is CCN(CC(C)=C1CNC1)Cc1ccccn1. The van der Waals surface area contributed by atoms with Crippen molar-refractivity contribution in [2.45, 2.75) is 20.4 Å². The molecular weight excluding hydrogens is 210 g/mol. The Hall–Kier alpha value is -1.19. The lowest BCUT2D eigenvalue weighted by atomic mass is 10.0. The first-order chi connectivity index (χ1) is 8.29. The topological polar surface area (TPSA) is 28.2 Å². The number of hydrogen-bond donors (Lipinski definition) is 1. The third-order valence-corrected chi connectivity index (χ3v) is 3.30. The largest absolute Gasteiger partial charge is 0.309 e. The summed E-state index contributed by atoms with van der Waals surface area (Å²) in [4.78, 5) is 6.82. The van der Waals surface area contributed by atoms with Gasteiger partial charge in [-0.3, -0.25) is 9.88 Å². The predicted molar refractivity (Wildman–Crippen MR) is 70.8 cm³/mol. The maximum atomic E-state index is 4.38. The lowest BCUT2D eigenvalue weighted by Gasteiger charge is -2.26. The molecule has 0 radical (unpaired) electrons. The van der Waals surface area contributed by atoms with Crippen LogP contribution in [0.25, 0.3) is 0 Å². The first kappa shape index (κ1) is 12.3. The number of likely N-dealkylation sites (N-methyl/N-ethyl adjacent to an activating group) is 1. The minimum atomic E-state index is 0.940. The summed E-state index contributed by atoms with van der Waals surface area (Å²) in [5, 5.41) is 3.29. The second-order valence-corrected chi connectivity index (χ2v) is 4.61. The molecule has 1 aliphatic rings. The van der Waals surface area contributed by atoms with E-state index in [9.17, 15) is 0 Å². The van der Waals surface area contributed by atoms with Crippen molar-refractivity contribution in [3.8, 4) is 0 Å². The molecule has 92 valence electrons. The molecule has 2 rings (SSSR count). The Labute approximate surface area is 104 Å². The van der Waals surface area contributed by atoms with Gasteiger partial charge in [-0.1, -0.05) is 18.6 Å². The highest BCUT2D eigenvalue weighted by Gasteiger charge is 2.13. The Bertz CT molecular complexity index is 378. The zero-order valence-electron chi connectivity index (χ0n) is 10.7. The van der Waals surface area contributed by atoms with Gasteiger partial charge in [0.05, 0.1) is 5.69 Å². The number of rotatable bonds is 5. The van der Waals surface area contributed by atoms with Gasteiger partial charge in [-0.05, 0) is 31.2 Å². The van der Waals surface area contributed by atoms with E-state index >= 15 is 0 Å². The van der Waals surface area contributed by atoms with Gasteiger partial charge < -0.3 is 5.32 Å². The summed E-state index contributed by atoms with van der Waals surface area (Å²) in [6.07, 6.45) is 1.87. The van der Waals surface area contributed by atoms with E-state index in [0.717, 1.165) is 38.4 Å². The molecule has 2 heterocycles. The van der Waals surface area contributed by atoms with Crippen LogP contribution in [-0.2, 0) is 6.54 Å². The van der Waals surface area contributed by atoms with Crippen molar-refractivity contribution in [3.63, 3.8) is 0 Å². The Morgan fingerprint density at radius 2 is 2.24 bits per heavy atom. The van der Waals surface area contributed by atoms with E-state index in [0.29, 0.717) is 0 Å². The lowest BCUT2D eigenvalue weighted by molar-refractivity contribution is 0.298. The lowest BCUT2D eigenvalue weighted by Crippen LogP contribution is -2.36. The van der Waals surface area contributed by atoms with E-state index < -0.39 is 0 Å². The second kappa shape index (κ2) is 5.94. The summed E-state index contributed by atoms with van der Waals surface area (Å²) >= 11 is 0. The highest BCUT2D eigenvalue weighted by molar-refractivity contribution is 5.22. The molecule has 1 aromatic rings. The van der Waals surface area contributed by atoms with Crippen LogP contribution in [0.1, 0.15) is 19.5 Å². The predicted octanol–water partition coefficient (Wildman–Crippen LogP) is 1.82. The first-order valence-electron chi connectivity index (χ1n) is 6.30. The highest BCUT2D eigenvalue weighted by atomic mass is 15.1. The molecule has 0 amide bonds.